The molecule has 0 aliphatic carbocycles. The fraction of sp³-hybridized carbons (Fsp3) is 0.385. The Balaban J connectivity index is 1.90. The highest BCUT2D eigenvalue weighted by atomic mass is 15.3. The van der Waals surface area contributed by atoms with Crippen LogP contribution < -0.4 is 5.32 Å². The number of aryl methyl sites for hydroxylation is 2. The van der Waals surface area contributed by atoms with Crippen molar-refractivity contribution in [3.05, 3.63) is 47.5 Å². The molecule has 0 atom stereocenters. The van der Waals surface area contributed by atoms with E-state index >= 15 is 0 Å². The van der Waals surface area contributed by atoms with E-state index in [1.165, 1.54) is 11.3 Å². The maximum atomic E-state index is 4.42. The molecule has 0 spiro atoms. The van der Waals surface area contributed by atoms with E-state index in [-0.39, 0.29) is 0 Å². The smallest absolute Gasteiger partial charge is 0.0597 e. The maximum Gasteiger partial charge on any atom is 0.0597 e. The van der Waals surface area contributed by atoms with E-state index in [0.717, 1.165) is 25.3 Å². The predicted octanol–water partition coefficient (Wildman–Crippen LogP) is 1.90. The molecule has 0 aliphatic heterocycles. The second-order valence-corrected chi connectivity index (χ2v) is 4.06. The standard InChI is InChI=1S/C13H18N4/c1-3-17-13(7-11(2)16-17)10-15-9-12-5-4-6-14-8-12/h4-8,15H,3,9-10H2,1-2H3. The normalized spacial score (nSPS) is 10.7. The Morgan fingerprint density at radius 2 is 2.24 bits per heavy atom. The second-order valence-electron chi connectivity index (χ2n) is 4.06. The number of nitrogens with one attached hydrogen (secondary N) is 1. The average Bonchev–Trinajstić information content (AvgIpc) is 2.71. The summed E-state index contributed by atoms with van der Waals surface area (Å²) in [6, 6.07) is 6.15. The Morgan fingerprint density at radius 3 is 2.94 bits per heavy atom. The van der Waals surface area contributed by atoms with Gasteiger partial charge in [-0.05, 0) is 31.5 Å². The summed E-state index contributed by atoms with van der Waals surface area (Å²) < 4.78 is 2.03. The number of hydrogen-bond donors (Lipinski definition) is 1. The summed E-state index contributed by atoms with van der Waals surface area (Å²) in [5.74, 6) is 0. The number of aromatic nitrogens is 3. The van der Waals surface area contributed by atoms with E-state index in [1.807, 2.05) is 23.9 Å². The topological polar surface area (TPSA) is 42.7 Å². The van der Waals surface area contributed by atoms with Crippen molar-refractivity contribution in [2.75, 3.05) is 0 Å². The van der Waals surface area contributed by atoms with E-state index in [0.29, 0.717) is 0 Å². The van der Waals surface area contributed by atoms with Crippen LogP contribution in [0.5, 0.6) is 0 Å². The molecule has 0 saturated carbocycles. The van der Waals surface area contributed by atoms with Gasteiger partial charge in [0.2, 0.25) is 0 Å². The molecule has 0 unspecified atom stereocenters. The highest BCUT2D eigenvalue weighted by molar-refractivity contribution is 5.10. The van der Waals surface area contributed by atoms with E-state index in [9.17, 15) is 0 Å². The highest BCUT2D eigenvalue weighted by Crippen LogP contribution is 2.04. The zero-order chi connectivity index (χ0) is 12.1. The van der Waals surface area contributed by atoms with Crippen molar-refractivity contribution in [3.63, 3.8) is 0 Å². The molecular weight excluding hydrogens is 212 g/mol. The fourth-order valence-electron chi connectivity index (χ4n) is 1.85. The third-order valence-electron chi connectivity index (χ3n) is 2.64. The lowest BCUT2D eigenvalue weighted by Gasteiger charge is -2.06. The van der Waals surface area contributed by atoms with Crippen LogP contribution in [-0.4, -0.2) is 14.8 Å². The van der Waals surface area contributed by atoms with Gasteiger partial charge in [0, 0.05) is 32.0 Å². The third-order valence-corrected chi connectivity index (χ3v) is 2.64. The highest BCUT2D eigenvalue weighted by Gasteiger charge is 2.03. The molecule has 0 aromatic carbocycles. The summed E-state index contributed by atoms with van der Waals surface area (Å²) in [6.07, 6.45) is 3.67. The first kappa shape index (κ1) is 11.8. The van der Waals surface area contributed by atoms with Crippen LogP contribution in [0.2, 0.25) is 0 Å². The Labute approximate surface area is 102 Å². The molecule has 4 heteroatoms. The maximum absolute atomic E-state index is 4.42. The Bertz CT molecular complexity index is 462. The molecule has 4 nitrogen and oxygen atoms in total. The number of hydrogen-bond acceptors (Lipinski definition) is 3. The van der Waals surface area contributed by atoms with Crippen LogP contribution in [0.3, 0.4) is 0 Å². The molecule has 0 amide bonds. The van der Waals surface area contributed by atoms with Gasteiger partial charge in [-0.3, -0.25) is 9.67 Å². The number of rotatable bonds is 5. The van der Waals surface area contributed by atoms with Gasteiger partial charge in [0.05, 0.1) is 11.4 Å². The van der Waals surface area contributed by atoms with Gasteiger partial charge in [0.25, 0.3) is 0 Å². The molecule has 0 saturated heterocycles. The van der Waals surface area contributed by atoms with Crippen LogP contribution in [0.4, 0.5) is 0 Å². The molecule has 2 heterocycles. The molecule has 0 fully saturated rings. The molecule has 0 radical (unpaired) electrons. The van der Waals surface area contributed by atoms with E-state index < -0.39 is 0 Å². The Hall–Kier alpha value is -1.68. The number of nitrogens with zero attached hydrogens (tertiary/aromatic N) is 3. The molecule has 1 N–H and O–H groups in total. The first-order valence-corrected chi connectivity index (χ1v) is 5.92. The zero-order valence-electron chi connectivity index (χ0n) is 10.3. The molecule has 17 heavy (non-hydrogen) atoms. The Kier molecular flexibility index (Phi) is 3.88. The van der Waals surface area contributed by atoms with Gasteiger partial charge < -0.3 is 5.32 Å². The summed E-state index contributed by atoms with van der Waals surface area (Å²) in [5.41, 5.74) is 3.51. The summed E-state index contributed by atoms with van der Waals surface area (Å²) in [4.78, 5) is 4.09. The van der Waals surface area contributed by atoms with E-state index in [4.69, 9.17) is 0 Å². The van der Waals surface area contributed by atoms with Gasteiger partial charge in [-0.1, -0.05) is 6.07 Å². The number of pyridine rings is 1. The lowest BCUT2D eigenvalue weighted by atomic mass is 10.3. The van der Waals surface area contributed by atoms with E-state index in [1.54, 1.807) is 6.20 Å². The van der Waals surface area contributed by atoms with Gasteiger partial charge in [-0.15, -0.1) is 0 Å². The molecule has 0 aliphatic rings. The molecule has 90 valence electrons. The molecule has 2 rings (SSSR count). The van der Waals surface area contributed by atoms with Crippen molar-refractivity contribution < 1.29 is 0 Å². The minimum atomic E-state index is 0.835. The van der Waals surface area contributed by atoms with Crippen molar-refractivity contribution in [1.29, 1.82) is 0 Å². The van der Waals surface area contributed by atoms with Crippen LogP contribution in [0.25, 0.3) is 0 Å². The lowest BCUT2D eigenvalue weighted by Crippen LogP contribution is -2.16. The van der Waals surface area contributed by atoms with Gasteiger partial charge in [0.1, 0.15) is 0 Å². The van der Waals surface area contributed by atoms with Crippen LogP contribution in [0.1, 0.15) is 23.9 Å². The average molecular weight is 230 g/mol. The van der Waals surface area contributed by atoms with Crippen LogP contribution in [0.15, 0.2) is 30.6 Å². The van der Waals surface area contributed by atoms with E-state index in [2.05, 4.69) is 34.5 Å². The van der Waals surface area contributed by atoms with Crippen LogP contribution in [0, 0.1) is 6.92 Å². The van der Waals surface area contributed by atoms with Gasteiger partial charge in [0.15, 0.2) is 0 Å². The van der Waals surface area contributed by atoms with Gasteiger partial charge in [-0.2, -0.15) is 5.10 Å². The summed E-state index contributed by atoms with van der Waals surface area (Å²) >= 11 is 0. The molecule has 2 aromatic heterocycles. The van der Waals surface area contributed by atoms with Crippen molar-refractivity contribution in [1.82, 2.24) is 20.1 Å². The second kappa shape index (κ2) is 5.59. The van der Waals surface area contributed by atoms with Gasteiger partial charge >= 0.3 is 0 Å². The first-order valence-electron chi connectivity index (χ1n) is 5.92. The van der Waals surface area contributed by atoms with Crippen LogP contribution >= 0.6 is 0 Å². The summed E-state index contributed by atoms with van der Waals surface area (Å²) in [7, 11) is 0. The largest absolute Gasteiger partial charge is 0.307 e. The Morgan fingerprint density at radius 1 is 1.35 bits per heavy atom. The van der Waals surface area contributed by atoms with Crippen molar-refractivity contribution in [2.24, 2.45) is 0 Å². The first-order chi connectivity index (χ1) is 8.29. The van der Waals surface area contributed by atoms with Crippen LogP contribution in [-0.2, 0) is 19.6 Å². The quantitative estimate of drug-likeness (QED) is 0.853. The van der Waals surface area contributed by atoms with Crippen molar-refractivity contribution in [3.8, 4) is 0 Å². The monoisotopic (exact) mass is 230 g/mol. The lowest BCUT2D eigenvalue weighted by molar-refractivity contribution is 0.579. The molecule has 2 aromatic rings. The van der Waals surface area contributed by atoms with Gasteiger partial charge in [-0.25, -0.2) is 0 Å². The minimum Gasteiger partial charge on any atom is -0.307 e. The molecule has 0 bridgehead atoms. The van der Waals surface area contributed by atoms with Crippen molar-refractivity contribution >= 4 is 0 Å². The van der Waals surface area contributed by atoms with Crippen molar-refractivity contribution in [2.45, 2.75) is 33.5 Å². The fourth-order valence-corrected chi connectivity index (χ4v) is 1.85. The third kappa shape index (κ3) is 3.14. The zero-order valence-corrected chi connectivity index (χ0v) is 10.3. The summed E-state index contributed by atoms with van der Waals surface area (Å²) in [5, 5.41) is 7.82. The SMILES string of the molecule is CCn1nc(C)cc1CNCc1cccnc1. The summed E-state index contributed by atoms with van der Waals surface area (Å²) in [6.45, 7) is 6.72. The molecular formula is C13H18N4. The minimum absolute atomic E-state index is 0.835. The predicted molar refractivity (Wildman–Crippen MR) is 67.4 cm³/mol.